The van der Waals surface area contributed by atoms with Crippen LogP contribution in [0.5, 0.6) is 5.75 Å². The summed E-state index contributed by atoms with van der Waals surface area (Å²) in [7, 11) is 2.10. The maximum absolute atomic E-state index is 8.95. The van der Waals surface area contributed by atoms with Crippen LogP contribution in [0.15, 0.2) is 24.3 Å². The standard InChI is InChI=1S/C16H24N2O2/c1-18(10-5-2-6-12-19)11-7-13-20-16-9-4-3-8-15(16)14-17/h3-4,8-9,19H,2,5-7,10-13H2,1H3. The number of aliphatic hydroxyl groups excluding tert-OH is 1. The van der Waals surface area contributed by atoms with E-state index < -0.39 is 0 Å². The Morgan fingerprint density at radius 2 is 1.90 bits per heavy atom. The summed E-state index contributed by atoms with van der Waals surface area (Å²) in [5.41, 5.74) is 0.588. The topological polar surface area (TPSA) is 56.5 Å². The van der Waals surface area contributed by atoms with Crippen molar-refractivity contribution in [3.05, 3.63) is 29.8 Å². The van der Waals surface area contributed by atoms with Crippen molar-refractivity contribution in [3.8, 4) is 11.8 Å². The SMILES string of the molecule is CN(CCCCCO)CCCOc1ccccc1C#N. The number of rotatable bonds is 10. The van der Waals surface area contributed by atoms with Gasteiger partial charge in [0.05, 0.1) is 12.2 Å². The molecule has 0 aliphatic rings. The van der Waals surface area contributed by atoms with E-state index in [9.17, 15) is 0 Å². The zero-order chi connectivity index (χ0) is 14.6. The molecule has 1 aromatic rings. The molecule has 0 atom stereocenters. The number of para-hydroxylation sites is 1. The lowest BCUT2D eigenvalue weighted by molar-refractivity contribution is 0.252. The monoisotopic (exact) mass is 276 g/mol. The molecular weight excluding hydrogens is 252 g/mol. The minimum Gasteiger partial charge on any atom is -0.492 e. The molecule has 0 saturated heterocycles. The second-order valence-corrected chi connectivity index (χ2v) is 4.90. The third-order valence-electron chi connectivity index (χ3n) is 3.15. The van der Waals surface area contributed by atoms with Crippen LogP contribution in [0, 0.1) is 11.3 Å². The van der Waals surface area contributed by atoms with Gasteiger partial charge in [-0.2, -0.15) is 5.26 Å². The minimum atomic E-state index is 0.288. The Morgan fingerprint density at radius 3 is 2.65 bits per heavy atom. The maximum Gasteiger partial charge on any atom is 0.137 e. The molecule has 110 valence electrons. The van der Waals surface area contributed by atoms with E-state index in [0.29, 0.717) is 17.9 Å². The van der Waals surface area contributed by atoms with Crippen molar-refractivity contribution in [2.24, 2.45) is 0 Å². The van der Waals surface area contributed by atoms with Gasteiger partial charge in [0, 0.05) is 13.2 Å². The number of unbranched alkanes of at least 4 members (excludes halogenated alkanes) is 2. The molecule has 1 N–H and O–H groups in total. The van der Waals surface area contributed by atoms with Gasteiger partial charge in [-0.05, 0) is 51.4 Å². The van der Waals surface area contributed by atoms with Crippen LogP contribution in [-0.2, 0) is 0 Å². The van der Waals surface area contributed by atoms with Crippen molar-refractivity contribution in [1.29, 1.82) is 5.26 Å². The molecule has 0 amide bonds. The second kappa shape index (κ2) is 10.2. The van der Waals surface area contributed by atoms with E-state index in [1.54, 1.807) is 6.07 Å². The lowest BCUT2D eigenvalue weighted by Gasteiger charge is -2.16. The number of nitrogens with zero attached hydrogens (tertiary/aromatic N) is 2. The van der Waals surface area contributed by atoms with E-state index in [4.69, 9.17) is 15.1 Å². The molecule has 0 aliphatic carbocycles. The van der Waals surface area contributed by atoms with Crippen molar-refractivity contribution in [3.63, 3.8) is 0 Å². The van der Waals surface area contributed by atoms with Gasteiger partial charge in [-0.3, -0.25) is 0 Å². The van der Waals surface area contributed by atoms with Crippen LogP contribution in [0.25, 0.3) is 0 Å². The average molecular weight is 276 g/mol. The van der Waals surface area contributed by atoms with Crippen molar-refractivity contribution in [2.75, 3.05) is 33.4 Å². The minimum absolute atomic E-state index is 0.288. The highest BCUT2D eigenvalue weighted by molar-refractivity contribution is 5.42. The predicted octanol–water partition coefficient (Wildman–Crippen LogP) is 2.42. The summed E-state index contributed by atoms with van der Waals surface area (Å²) in [6.07, 6.45) is 4.03. The molecule has 0 fully saturated rings. The first-order valence-corrected chi connectivity index (χ1v) is 7.19. The summed E-state index contributed by atoms with van der Waals surface area (Å²) < 4.78 is 5.64. The molecule has 0 saturated carbocycles. The van der Waals surface area contributed by atoms with Crippen LogP contribution in [0.3, 0.4) is 0 Å². The lowest BCUT2D eigenvalue weighted by Crippen LogP contribution is -2.22. The Bertz CT molecular complexity index is 415. The Morgan fingerprint density at radius 1 is 1.15 bits per heavy atom. The third kappa shape index (κ3) is 6.55. The van der Waals surface area contributed by atoms with Gasteiger partial charge in [0.1, 0.15) is 11.8 Å². The van der Waals surface area contributed by atoms with Crippen LogP contribution >= 0.6 is 0 Å². The first-order chi connectivity index (χ1) is 9.77. The number of hydrogen-bond donors (Lipinski definition) is 1. The highest BCUT2D eigenvalue weighted by atomic mass is 16.5. The lowest BCUT2D eigenvalue weighted by atomic mass is 10.2. The van der Waals surface area contributed by atoms with Crippen LogP contribution in [0.2, 0.25) is 0 Å². The predicted molar refractivity (Wildman–Crippen MR) is 79.7 cm³/mol. The third-order valence-corrected chi connectivity index (χ3v) is 3.15. The maximum atomic E-state index is 8.95. The van der Waals surface area contributed by atoms with Crippen molar-refractivity contribution >= 4 is 0 Å². The van der Waals surface area contributed by atoms with E-state index in [1.807, 2.05) is 18.2 Å². The normalized spacial score (nSPS) is 10.5. The molecule has 0 unspecified atom stereocenters. The Labute approximate surface area is 121 Å². The zero-order valence-corrected chi connectivity index (χ0v) is 12.2. The van der Waals surface area contributed by atoms with Crippen molar-refractivity contribution in [1.82, 2.24) is 4.90 Å². The highest BCUT2D eigenvalue weighted by Gasteiger charge is 2.02. The van der Waals surface area contributed by atoms with Gasteiger partial charge in [-0.25, -0.2) is 0 Å². The summed E-state index contributed by atoms with van der Waals surface area (Å²) >= 11 is 0. The van der Waals surface area contributed by atoms with Gasteiger partial charge in [-0.1, -0.05) is 12.1 Å². The fraction of sp³-hybridized carbons (Fsp3) is 0.562. The van der Waals surface area contributed by atoms with E-state index in [0.717, 1.165) is 38.8 Å². The zero-order valence-electron chi connectivity index (χ0n) is 12.2. The largest absolute Gasteiger partial charge is 0.492 e. The highest BCUT2D eigenvalue weighted by Crippen LogP contribution is 2.16. The number of hydrogen-bond acceptors (Lipinski definition) is 4. The molecule has 0 bridgehead atoms. The van der Waals surface area contributed by atoms with Crippen molar-refractivity contribution in [2.45, 2.75) is 25.7 Å². The molecule has 0 spiro atoms. The molecule has 0 heterocycles. The van der Waals surface area contributed by atoms with Gasteiger partial charge >= 0.3 is 0 Å². The molecule has 1 rings (SSSR count). The van der Waals surface area contributed by atoms with E-state index in [1.165, 1.54) is 0 Å². The smallest absolute Gasteiger partial charge is 0.137 e. The summed E-state index contributed by atoms with van der Waals surface area (Å²) in [4.78, 5) is 2.27. The molecule has 0 radical (unpaired) electrons. The molecule has 0 aliphatic heterocycles. The van der Waals surface area contributed by atoms with E-state index in [2.05, 4.69) is 18.0 Å². The van der Waals surface area contributed by atoms with E-state index >= 15 is 0 Å². The molecule has 20 heavy (non-hydrogen) atoms. The van der Waals surface area contributed by atoms with Crippen LogP contribution in [-0.4, -0.2) is 43.4 Å². The summed E-state index contributed by atoms with van der Waals surface area (Å²) in [6.45, 7) is 2.94. The fourth-order valence-electron chi connectivity index (χ4n) is 1.98. The van der Waals surface area contributed by atoms with Gasteiger partial charge in [-0.15, -0.1) is 0 Å². The molecular formula is C16H24N2O2. The molecule has 4 heteroatoms. The molecule has 4 nitrogen and oxygen atoms in total. The van der Waals surface area contributed by atoms with E-state index in [-0.39, 0.29) is 6.61 Å². The van der Waals surface area contributed by atoms with Crippen molar-refractivity contribution < 1.29 is 9.84 Å². The van der Waals surface area contributed by atoms with Gasteiger partial charge in [0.25, 0.3) is 0 Å². The van der Waals surface area contributed by atoms with Gasteiger partial charge < -0.3 is 14.7 Å². The molecule has 0 aromatic heterocycles. The first-order valence-electron chi connectivity index (χ1n) is 7.19. The van der Waals surface area contributed by atoms with Gasteiger partial charge in [0.15, 0.2) is 0 Å². The second-order valence-electron chi connectivity index (χ2n) is 4.90. The summed E-state index contributed by atoms with van der Waals surface area (Å²) in [6, 6.07) is 9.44. The molecule has 1 aromatic carbocycles. The number of aliphatic hydroxyl groups is 1. The Kier molecular flexibility index (Phi) is 8.44. The Balaban J connectivity index is 2.14. The van der Waals surface area contributed by atoms with Crippen LogP contribution in [0.4, 0.5) is 0 Å². The Hall–Kier alpha value is -1.57. The van der Waals surface area contributed by atoms with Gasteiger partial charge in [0.2, 0.25) is 0 Å². The number of nitriles is 1. The van der Waals surface area contributed by atoms with Crippen LogP contribution < -0.4 is 4.74 Å². The number of benzene rings is 1. The first kappa shape index (κ1) is 16.5. The van der Waals surface area contributed by atoms with Crippen LogP contribution in [0.1, 0.15) is 31.2 Å². The fourth-order valence-corrected chi connectivity index (χ4v) is 1.98. The summed E-state index contributed by atoms with van der Waals surface area (Å²) in [5.74, 6) is 0.667. The quantitative estimate of drug-likeness (QED) is 0.667. The number of ether oxygens (including phenoxy) is 1. The average Bonchev–Trinajstić information content (AvgIpc) is 2.48. The summed E-state index contributed by atoms with van der Waals surface area (Å²) in [5, 5.41) is 17.7.